The summed E-state index contributed by atoms with van der Waals surface area (Å²) in [5, 5.41) is 23.6. The minimum atomic E-state index is -1.25. The van der Waals surface area contributed by atoms with Crippen molar-refractivity contribution in [3.8, 4) is 17.0 Å². The highest BCUT2D eigenvalue weighted by Crippen LogP contribution is 2.43. The smallest absolute Gasteiger partial charge is 0.225 e. The first-order valence-corrected chi connectivity index (χ1v) is 10.1. The van der Waals surface area contributed by atoms with E-state index in [2.05, 4.69) is 15.3 Å². The van der Waals surface area contributed by atoms with Crippen LogP contribution in [-0.4, -0.2) is 39.4 Å². The number of methoxy groups -OCH3 is 1. The number of ether oxygens (including phenoxy) is 1. The molecule has 3 aromatic rings. The Bertz CT molecular complexity index is 1070. The van der Waals surface area contributed by atoms with Crippen molar-refractivity contribution >= 4 is 56.4 Å². The number of aliphatic hydroxyl groups is 2. The number of nitrogens with one attached hydrogen (secondary N) is 1. The zero-order chi connectivity index (χ0) is 21.5. The van der Waals surface area contributed by atoms with Crippen LogP contribution in [0.1, 0.15) is 25.0 Å². The average molecular weight is 458 g/mol. The normalized spacial score (nSPS) is 13.0. The van der Waals surface area contributed by atoms with Crippen LogP contribution in [-0.2, 0) is 0 Å². The fraction of sp³-hybridized carbons (Fsp3) is 0.333. The Morgan fingerprint density at radius 3 is 2.59 bits per heavy atom. The molecular weight excluding hydrogens is 437 g/mol. The lowest BCUT2D eigenvalue weighted by Crippen LogP contribution is -2.35. The van der Waals surface area contributed by atoms with Gasteiger partial charge >= 0.3 is 0 Å². The fourth-order valence-electron chi connectivity index (χ4n) is 2.71. The monoisotopic (exact) mass is 457 g/mol. The molecule has 0 spiro atoms. The van der Waals surface area contributed by atoms with Gasteiger partial charge in [0.2, 0.25) is 5.95 Å². The van der Waals surface area contributed by atoms with Crippen LogP contribution in [0.3, 0.4) is 0 Å². The summed E-state index contributed by atoms with van der Waals surface area (Å²) in [6.07, 6.45) is -1.25. The Balaban J connectivity index is 2.32. The summed E-state index contributed by atoms with van der Waals surface area (Å²) in [6.45, 7) is 3.48. The van der Waals surface area contributed by atoms with E-state index in [9.17, 15) is 10.2 Å². The first kappa shape index (κ1) is 21.8. The third-order valence-electron chi connectivity index (χ3n) is 4.22. The second-order valence-electron chi connectivity index (χ2n) is 7.04. The molecule has 0 bridgehead atoms. The minimum Gasteiger partial charge on any atom is -0.495 e. The zero-order valence-electron chi connectivity index (χ0n) is 16.0. The van der Waals surface area contributed by atoms with Crippen molar-refractivity contribution in [3.05, 3.63) is 27.1 Å². The van der Waals surface area contributed by atoms with Gasteiger partial charge in [0.1, 0.15) is 21.8 Å². The second kappa shape index (κ2) is 8.10. The van der Waals surface area contributed by atoms with Gasteiger partial charge in [-0.25, -0.2) is 9.97 Å². The van der Waals surface area contributed by atoms with E-state index < -0.39 is 11.8 Å². The van der Waals surface area contributed by atoms with Crippen LogP contribution in [0.4, 0.5) is 11.6 Å². The Morgan fingerprint density at radius 1 is 1.31 bits per heavy atom. The molecule has 7 N–H and O–H groups in total. The third-order valence-corrected chi connectivity index (χ3v) is 6.17. The average Bonchev–Trinajstić information content (AvgIpc) is 2.99. The van der Waals surface area contributed by atoms with Gasteiger partial charge in [-0.2, -0.15) is 0 Å². The molecule has 0 amide bonds. The molecule has 0 aliphatic rings. The lowest BCUT2D eigenvalue weighted by atomic mass is 10.1. The first-order chi connectivity index (χ1) is 13.6. The number of nitrogens with two attached hydrogens (primary N) is 2. The van der Waals surface area contributed by atoms with Crippen LogP contribution in [0, 0.1) is 0 Å². The summed E-state index contributed by atoms with van der Waals surface area (Å²) in [4.78, 5) is 9.98. The van der Waals surface area contributed by atoms with Gasteiger partial charge in [0.15, 0.2) is 0 Å². The van der Waals surface area contributed by atoms with Gasteiger partial charge in [0.25, 0.3) is 0 Å². The van der Waals surface area contributed by atoms with Crippen molar-refractivity contribution in [2.45, 2.75) is 25.6 Å². The molecule has 3 rings (SSSR count). The van der Waals surface area contributed by atoms with Crippen molar-refractivity contribution in [2.75, 3.05) is 24.8 Å². The minimum absolute atomic E-state index is 0.135. The number of nitrogens with zero attached hydrogens (tertiary/aromatic N) is 2. The van der Waals surface area contributed by atoms with Crippen molar-refractivity contribution in [1.82, 2.24) is 9.97 Å². The zero-order valence-corrected chi connectivity index (χ0v) is 18.3. The summed E-state index contributed by atoms with van der Waals surface area (Å²) in [7, 11) is 1.48. The highest BCUT2D eigenvalue weighted by molar-refractivity contribution is 7.19. The molecule has 0 aliphatic carbocycles. The van der Waals surface area contributed by atoms with Crippen LogP contribution in [0.2, 0.25) is 10.0 Å². The summed E-state index contributed by atoms with van der Waals surface area (Å²) in [5.41, 5.74) is 12.6. The van der Waals surface area contributed by atoms with E-state index in [1.54, 1.807) is 26.0 Å². The summed E-state index contributed by atoms with van der Waals surface area (Å²) in [6, 6.07) is 3.33. The number of nitrogen functional groups attached to an aromatic ring is 1. The second-order valence-corrected chi connectivity index (χ2v) is 8.86. The van der Waals surface area contributed by atoms with Gasteiger partial charge < -0.3 is 31.7 Å². The Kier molecular flexibility index (Phi) is 6.09. The topological polar surface area (TPSA) is 140 Å². The van der Waals surface area contributed by atoms with E-state index in [-0.39, 0.29) is 28.3 Å². The number of aromatic nitrogens is 2. The van der Waals surface area contributed by atoms with Gasteiger partial charge in [-0.15, -0.1) is 11.3 Å². The van der Waals surface area contributed by atoms with Crippen LogP contribution < -0.4 is 21.5 Å². The molecule has 0 aliphatic heterocycles. The molecule has 0 saturated carbocycles. The number of anilines is 2. The molecular formula is C18H21Cl2N5O3S. The van der Waals surface area contributed by atoms with E-state index in [1.165, 1.54) is 7.11 Å². The number of hydrogen-bond donors (Lipinski definition) is 5. The molecule has 156 valence electrons. The number of thiophene rings is 1. The first-order valence-electron chi connectivity index (χ1n) is 8.54. The van der Waals surface area contributed by atoms with Crippen LogP contribution in [0.25, 0.3) is 21.5 Å². The maximum absolute atomic E-state index is 9.88. The highest BCUT2D eigenvalue weighted by Gasteiger charge is 2.24. The molecule has 11 heteroatoms. The quantitative estimate of drug-likeness (QED) is 0.354. The summed E-state index contributed by atoms with van der Waals surface area (Å²) >= 11 is 13.6. The standard InChI is InChI=1S/C18H21Cl2N5O3S/c1-18(2,6-26)25-17-23-13(7-4-8(19)11(20)9(5-7)28-3)10-12(21)14(15(22)27)29-16(10)24-17/h4-5,15,26-27H,6,21-22H2,1-3H3,(H,23,24,25). The lowest BCUT2D eigenvalue weighted by Gasteiger charge is -2.23. The Hall–Kier alpha value is -1.88. The van der Waals surface area contributed by atoms with Gasteiger partial charge in [0.05, 0.1) is 45.9 Å². The maximum Gasteiger partial charge on any atom is 0.225 e. The Morgan fingerprint density at radius 2 is 2.00 bits per heavy atom. The van der Waals surface area contributed by atoms with Crippen molar-refractivity contribution in [2.24, 2.45) is 5.73 Å². The van der Waals surface area contributed by atoms with Crippen molar-refractivity contribution in [1.29, 1.82) is 0 Å². The fourth-order valence-corrected chi connectivity index (χ4v) is 4.09. The number of halogens is 2. The molecule has 0 radical (unpaired) electrons. The van der Waals surface area contributed by atoms with Gasteiger partial charge in [-0.3, -0.25) is 0 Å². The van der Waals surface area contributed by atoms with E-state index in [1.807, 2.05) is 0 Å². The number of fused-ring (bicyclic) bond motifs is 1. The highest BCUT2D eigenvalue weighted by atomic mass is 35.5. The van der Waals surface area contributed by atoms with Crippen LogP contribution in [0.5, 0.6) is 5.75 Å². The van der Waals surface area contributed by atoms with E-state index in [0.717, 1.165) is 11.3 Å². The molecule has 0 fully saturated rings. The number of rotatable bonds is 6. The summed E-state index contributed by atoms with van der Waals surface area (Å²) in [5.74, 6) is 0.648. The van der Waals surface area contributed by atoms with Crippen molar-refractivity contribution in [3.63, 3.8) is 0 Å². The van der Waals surface area contributed by atoms with E-state index >= 15 is 0 Å². The largest absolute Gasteiger partial charge is 0.495 e. The molecule has 1 atom stereocenters. The van der Waals surface area contributed by atoms with Crippen LogP contribution in [0.15, 0.2) is 12.1 Å². The predicted molar refractivity (Wildman–Crippen MR) is 118 cm³/mol. The van der Waals surface area contributed by atoms with E-state index in [4.69, 9.17) is 39.4 Å². The third kappa shape index (κ3) is 4.20. The SMILES string of the molecule is COc1cc(-c2nc(NC(C)(C)CO)nc3sc(C(N)O)c(N)c23)cc(Cl)c1Cl. The number of aliphatic hydroxyl groups excluding tert-OH is 2. The van der Waals surface area contributed by atoms with E-state index in [0.29, 0.717) is 32.1 Å². The predicted octanol–water partition coefficient (Wildman–Crippen LogP) is 3.39. The molecule has 2 heterocycles. The maximum atomic E-state index is 9.88. The Labute approximate surface area is 181 Å². The number of benzene rings is 1. The molecule has 0 saturated heterocycles. The summed E-state index contributed by atoms with van der Waals surface area (Å²) < 4.78 is 5.30. The van der Waals surface area contributed by atoms with Crippen LogP contribution >= 0.6 is 34.5 Å². The molecule has 2 aromatic heterocycles. The van der Waals surface area contributed by atoms with Gasteiger partial charge in [-0.1, -0.05) is 23.2 Å². The van der Waals surface area contributed by atoms with Crippen molar-refractivity contribution < 1.29 is 14.9 Å². The molecule has 1 unspecified atom stereocenters. The lowest BCUT2D eigenvalue weighted by molar-refractivity contribution is 0.191. The molecule has 29 heavy (non-hydrogen) atoms. The molecule has 1 aromatic carbocycles. The number of hydrogen-bond acceptors (Lipinski definition) is 9. The van der Waals surface area contributed by atoms with Gasteiger partial charge in [-0.05, 0) is 26.0 Å². The molecule has 8 nitrogen and oxygen atoms in total. The van der Waals surface area contributed by atoms with Gasteiger partial charge in [0, 0.05) is 5.56 Å².